The first kappa shape index (κ1) is 32.8. The molecule has 0 heterocycles. The topological polar surface area (TPSA) is 105 Å². The van der Waals surface area contributed by atoms with Crippen molar-refractivity contribution in [1.82, 2.24) is 10.2 Å². The SMILES string of the molecule is CCOc1ccc(N(CC(=O)N(Cc2cccc(OC)c2)C(C)C(=O)NC(C)CC)S(=O)(=O)c2ccc(Cl)cc2)cc1. The van der Waals surface area contributed by atoms with Crippen LogP contribution < -0.4 is 19.1 Å². The van der Waals surface area contributed by atoms with E-state index >= 15 is 0 Å². The van der Waals surface area contributed by atoms with Crippen molar-refractivity contribution in [3.05, 3.63) is 83.4 Å². The molecule has 2 unspecified atom stereocenters. The Morgan fingerprint density at radius 3 is 2.21 bits per heavy atom. The molecule has 0 aliphatic carbocycles. The Bertz CT molecular complexity index is 1450. The Kier molecular flexibility index (Phi) is 11.6. The van der Waals surface area contributed by atoms with Gasteiger partial charge in [-0.3, -0.25) is 13.9 Å². The van der Waals surface area contributed by atoms with Crippen LogP contribution in [0, 0.1) is 0 Å². The van der Waals surface area contributed by atoms with Gasteiger partial charge in [0.05, 0.1) is 24.3 Å². The number of rotatable bonds is 14. The molecule has 0 bridgehead atoms. The van der Waals surface area contributed by atoms with E-state index in [0.29, 0.717) is 29.5 Å². The second-order valence-corrected chi connectivity index (χ2v) is 12.1. The molecule has 2 atom stereocenters. The van der Waals surface area contributed by atoms with Crippen LogP contribution in [0.5, 0.6) is 11.5 Å². The monoisotopic (exact) mass is 615 g/mol. The summed E-state index contributed by atoms with van der Waals surface area (Å²) in [6, 6.07) is 18.3. The maximum atomic E-state index is 14.1. The Morgan fingerprint density at radius 2 is 1.62 bits per heavy atom. The average Bonchev–Trinajstić information content (AvgIpc) is 2.99. The molecule has 0 spiro atoms. The first-order chi connectivity index (χ1) is 20.0. The summed E-state index contributed by atoms with van der Waals surface area (Å²) < 4.78 is 39.7. The molecule has 0 aliphatic rings. The van der Waals surface area contributed by atoms with Gasteiger partial charge in [0, 0.05) is 17.6 Å². The van der Waals surface area contributed by atoms with E-state index in [1.165, 1.54) is 29.2 Å². The van der Waals surface area contributed by atoms with E-state index < -0.39 is 28.5 Å². The van der Waals surface area contributed by atoms with Crippen LogP contribution >= 0.6 is 11.6 Å². The van der Waals surface area contributed by atoms with Gasteiger partial charge in [-0.15, -0.1) is 0 Å². The second-order valence-electron chi connectivity index (χ2n) is 9.76. The molecule has 9 nitrogen and oxygen atoms in total. The molecule has 0 fully saturated rings. The van der Waals surface area contributed by atoms with Gasteiger partial charge in [0.1, 0.15) is 24.1 Å². The molecule has 11 heteroatoms. The summed E-state index contributed by atoms with van der Waals surface area (Å²) in [6.45, 7) is 7.26. The van der Waals surface area contributed by atoms with Crippen molar-refractivity contribution < 1.29 is 27.5 Å². The van der Waals surface area contributed by atoms with Gasteiger partial charge in [0.15, 0.2) is 0 Å². The average molecular weight is 616 g/mol. The molecule has 0 radical (unpaired) electrons. The number of hydrogen-bond donors (Lipinski definition) is 1. The smallest absolute Gasteiger partial charge is 0.264 e. The summed E-state index contributed by atoms with van der Waals surface area (Å²) >= 11 is 6.01. The van der Waals surface area contributed by atoms with E-state index in [4.69, 9.17) is 21.1 Å². The highest BCUT2D eigenvalue weighted by molar-refractivity contribution is 7.92. The molecule has 0 aromatic heterocycles. The van der Waals surface area contributed by atoms with Crippen molar-refractivity contribution in [2.24, 2.45) is 0 Å². The molecule has 3 aromatic carbocycles. The third-order valence-corrected chi connectivity index (χ3v) is 8.81. The van der Waals surface area contributed by atoms with Crippen LogP contribution in [0.4, 0.5) is 5.69 Å². The molecule has 42 heavy (non-hydrogen) atoms. The fourth-order valence-electron chi connectivity index (χ4n) is 4.15. The zero-order chi connectivity index (χ0) is 30.9. The highest BCUT2D eigenvalue weighted by Crippen LogP contribution is 2.27. The van der Waals surface area contributed by atoms with Gasteiger partial charge in [-0.05, 0) is 93.4 Å². The van der Waals surface area contributed by atoms with Gasteiger partial charge in [-0.2, -0.15) is 0 Å². The van der Waals surface area contributed by atoms with Crippen LogP contribution in [-0.2, 0) is 26.2 Å². The quantitative estimate of drug-likeness (QED) is 0.265. The number of nitrogens with one attached hydrogen (secondary N) is 1. The molecule has 0 saturated heterocycles. The molecule has 1 N–H and O–H groups in total. The summed E-state index contributed by atoms with van der Waals surface area (Å²) in [6.07, 6.45) is 0.715. The number of benzene rings is 3. The van der Waals surface area contributed by atoms with E-state index in [0.717, 1.165) is 9.87 Å². The predicted octanol–water partition coefficient (Wildman–Crippen LogP) is 5.27. The van der Waals surface area contributed by atoms with Crippen LogP contribution in [-0.4, -0.2) is 57.5 Å². The van der Waals surface area contributed by atoms with E-state index in [1.54, 1.807) is 56.5 Å². The third-order valence-electron chi connectivity index (χ3n) is 6.77. The Labute approximate surface area is 253 Å². The van der Waals surface area contributed by atoms with Gasteiger partial charge < -0.3 is 19.7 Å². The number of hydrogen-bond acceptors (Lipinski definition) is 6. The van der Waals surface area contributed by atoms with Crippen LogP contribution in [0.25, 0.3) is 0 Å². The number of ether oxygens (including phenoxy) is 2. The van der Waals surface area contributed by atoms with Gasteiger partial charge in [0.25, 0.3) is 10.0 Å². The van der Waals surface area contributed by atoms with Gasteiger partial charge in [0.2, 0.25) is 11.8 Å². The van der Waals surface area contributed by atoms with Gasteiger partial charge >= 0.3 is 0 Å². The summed E-state index contributed by atoms with van der Waals surface area (Å²) in [5.41, 5.74) is 0.985. The lowest BCUT2D eigenvalue weighted by atomic mass is 10.1. The second kappa shape index (κ2) is 14.9. The lowest BCUT2D eigenvalue weighted by molar-refractivity contribution is -0.139. The van der Waals surface area contributed by atoms with Crippen molar-refractivity contribution in [2.75, 3.05) is 24.6 Å². The fourth-order valence-corrected chi connectivity index (χ4v) is 5.69. The number of anilines is 1. The minimum Gasteiger partial charge on any atom is -0.497 e. The summed E-state index contributed by atoms with van der Waals surface area (Å²) in [5.74, 6) is 0.258. The highest BCUT2D eigenvalue weighted by atomic mass is 35.5. The molecular formula is C31H38ClN3O6S. The number of carbonyl (C=O) groups is 2. The standard InChI is InChI=1S/C31H38ClN3O6S/c1-6-22(3)33-31(37)23(4)34(20-24-9-8-10-28(19-24)40-5)30(36)21-35(26-13-15-27(16-14-26)41-7-2)42(38,39)29-17-11-25(32)12-18-29/h8-19,22-23H,6-7,20-21H2,1-5H3,(H,33,37). The van der Waals surface area contributed by atoms with E-state index in [1.807, 2.05) is 26.8 Å². The molecule has 3 aromatic rings. The number of amides is 2. The Balaban J connectivity index is 2.04. The lowest BCUT2D eigenvalue weighted by Crippen LogP contribution is -2.52. The molecular weight excluding hydrogens is 578 g/mol. The zero-order valence-corrected chi connectivity index (χ0v) is 26.1. The van der Waals surface area contributed by atoms with Gasteiger partial charge in [-0.1, -0.05) is 30.7 Å². The number of sulfonamides is 1. The third kappa shape index (κ3) is 8.39. The maximum absolute atomic E-state index is 14.1. The number of halogens is 1. The van der Waals surface area contributed by atoms with Crippen LogP contribution in [0.3, 0.4) is 0 Å². The molecule has 2 amide bonds. The van der Waals surface area contributed by atoms with E-state index in [-0.39, 0.29) is 29.1 Å². The van der Waals surface area contributed by atoms with E-state index in [2.05, 4.69) is 5.32 Å². The molecule has 226 valence electrons. The first-order valence-electron chi connectivity index (χ1n) is 13.7. The van der Waals surface area contributed by atoms with Crippen molar-refractivity contribution >= 4 is 39.1 Å². The molecule has 3 rings (SSSR count). The Morgan fingerprint density at radius 1 is 0.952 bits per heavy atom. The largest absolute Gasteiger partial charge is 0.497 e. The molecule has 0 saturated carbocycles. The maximum Gasteiger partial charge on any atom is 0.264 e. The van der Waals surface area contributed by atoms with Crippen LogP contribution in [0.1, 0.15) is 39.7 Å². The summed E-state index contributed by atoms with van der Waals surface area (Å²) in [5, 5.41) is 3.30. The van der Waals surface area contributed by atoms with Crippen LogP contribution in [0.2, 0.25) is 5.02 Å². The van der Waals surface area contributed by atoms with E-state index in [9.17, 15) is 18.0 Å². The fraction of sp³-hybridized carbons (Fsp3) is 0.355. The van der Waals surface area contributed by atoms with Crippen molar-refractivity contribution in [2.45, 2.75) is 57.6 Å². The number of carbonyl (C=O) groups excluding carboxylic acids is 2. The summed E-state index contributed by atoms with van der Waals surface area (Å²) in [7, 11) is -2.67. The van der Waals surface area contributed by atoms with Crippen molar-refractivity contribution in [3.8, 4) is 11.5 Å². The van der Waals surface area contributed by atoms with Gasteiger partial charge in [-0.25, -0.2) is 8.42 Å². The normalized spacial score (nSPS) is 12.6. The highest BCUT2D eigenvalue weighted by Gasteiger charge is 2.33. The molecule has 0 aliphatic heterocycles. The van der Waals surface area contributed by atoms with Crippen molar-refractivity contribution in [3.63, 3.8) is 0 Å². The predicted molar refractivity (Wildman–Crippen MR) is 164 cm³/mol. The lowest BCUT2D eigenvalue weighted by Gasteiger charge is -2.32. The summed E-state index contributed by atoms with van der Waals surface area (Å²) in [4.78, 5) is 28.6. The number of nitrogens with zero attached hydrogens (tertiary/aromatic N) is 2. The van der Waals surface area contributed by atoms with Crippen LogP contribution in [0.15, 0.2) is 77.7 Å². The minimum atomic E-state index is -4.21. The number of methoxy groups -OCH3 is 1. The minimum absolute atomic E-state index is 0.0320. The first-order valence-corrected chi connectivity index (χ1v) is 15.6. The van der Waals surface area contributed by atoms with Crippen molar-refractivity contribution in [1.29, 1.82) is 0 Å². The Hall–Kier alpha value is -3.76. The zero-order valence-electron chi connectivity index (χ0n) is 24.5.